The maximum Gasteiger partial charge on any atom is 0.335 e. The number of carboxylic acid groups (broad SMARTS) is 1. The molecule has 0 aromatic heterocycles. The first-order valence-electron chi connectivity index (χ1n) is 3.09. The summed E-state index contributed by atoms with van der Waals surface area (Å²) in [6.45, 7) is 0. The lowest BCUT2D eigenvalue weighted by atomic mass is 10.2. The molecule has 0 amide bonds. The molecule has 0 saturated heterocycles. The molecule has 0 aliphatic rings. The standard InChI is InChI=1S/C7H5NO4.Mg/c9-7(10)5-2-1-3-6(4-5)8(11)12;/h1-4H,(H,9,10);. The normalized spacial score (nSPS) is 8.62. The highest BCUT2D eigenvalue weighted by Crippen LogP contribution is 2.12. The Kier molecular flexibility index (Phi) is 4.36. The molecule has 0 unspecified atom stereocenters. The molecule has 13 heavy (non-hydrogen) atoms. The number of nitro groups is 1. The van der Waals surface area contributed by atoms with Gasteiger partial charge >= 0.3 is 5.97 Å². The lowest BCUT2D eigenvalue weighted by Gasteiger charge is -1.92. The fraction of sp³-hybridized carbons (Fsp3) is 0. The summed E-state index contributed by atoms with van der Waals surface area (Å²) in [5.41, 5.74) is -0.292. The maximum absolute atomic E-state index is 10.4. The van der Waals surface area contributed by atoms with Crippen molar-refractivity contribution >= 4 is 34.7 Å². The summed E-state index contributed by atoms with van der Waals surface area (Å²) in [5.74, 6) is -1.17. The molecule has 0 bridgehead atoms. The topological polar surface area (TPSA) is 80.4 Å². The van der Waals surface area contributed by atoms with Crippen LogP contribution in [-0.4, -0.2) is 39.1 Å². The van der Waals surface area contributed by atoms with E-state index in [0.717, 1.165) is 6.07 Å². The van der Waals surface area contributed by atoms with Crippen LogP contribution in [0.3, 0.4) is 0 Å². The molecule has 0 heterocycles. The van der Waals surface area contributed by atoms with E-state index in [2.05, 4.69) is 0 Å². The first-order valence-corrected chi connectivity index (χ1v) is 3.09. The minimum atomic E-state index is -1.17. The van der Waals surface area contributed by atoms with Crippen LogP contribution in [0.4, 0.5) is 5.69 Å². The lowest BCUT2D eigenvalue weighted by molar-refractivity contribution is -0.384. The van der Waals surface area contributed by atoms with Crippen LogP contribution in [0, 0.1) is 10.1 Å². The summed E-state index contributed by atoms with van der Waals surface area (Å²) in [6.07, 6.45) is 0. The largest absolute Gasteiger partial charge is 0.478 e. The van der Waals surface area contributed by atoms with Gasteiger partial charge in [-0.05, 0) is 6.07 Å². The highest BCUT2D eigenvalue weighted by molar-refractivity contribution is 5.88. The Morgan fingerprint density at radius 3 is 2.54 bits per heavy atom. The number of carboxylic acids is 1. The third-order valence-electron chi connectivity index (χ3n) is 1.30. The summed E-state index contributed by atoms with van der Waals surface area (Å²) in [7, 11) is 0. The SMILES string of the molecule is O=C(O)c1cccc([N+](=O)[O-])c1.[Mg]. The van der Waals surface area contributed by atoms with Crippen LogP contribution in [0.5, 0.6) is 0 Å². The van der Waals surface area contributed by atoms with Gasteiger partial charge in [0.25, 0.3) is 5.69 Å². The van der Waals surface area contributed by atoms with Gasteiger partial charge in [0.2, 0.25) is 0 Å². The Morgan fingerprint density at radius 2 is 2.08 bits per heavy atom. The maximum atomic E-state index is 10.4. The van der Waals surface area contributed by atoms with Crippen LogP contribution in [0.1, 0.15) is 10.4 Å². The molecule has 0 aliphatic heterocycles. The third-order valence-corrected chi connectivity index (χ3v) is 1.30. The van der Waals surface area contributed by atoms with Gasteiger partial charge in [-0.2, -0.15) is 0 Å². The number of benzene rings is 1. The van der Waals surface area contributed by atoms with Crippen molar-refractivity contribution in [2.75, 3.05) is 0 Å². The summed E-state index contributed by atoms with van der Waals surface area (Å²) in [6, 6.07) is 4.89. The van der Waals surface area contributed by atoms with Crippen LogP contribution >= 0.6 is 0 Å². The van der Waals surface area contributed by atoms with Gasteiger partial charge in [-0.25, -0.2) is 4.79 Å². The van der Waals surface area contributed by atoms with E-state index in [1.807, 2.05) is 0 Å². The minimum Gasteiger partial charge on any atom is -0.478 e. The smallest absolute Gasteiger partial charge is 0.335 e. The zero-order valence-corrected chi connectivity index (χ0v) is 8.05. The molecule has 5 nitrogen and oxygen atoms in total. The molecule has 64 valence electrons. The Morgan fingerprint density at radius 1 is 1.46 bits per heavy atom. The predicted octanol–water partition coefficient (Wildman–Crippen LogP) is 0.912. The first kappa shape index (κ1) is 11.9. The summed E-state index contributed by atoms with van der Waals surface area (Å²) >= 11 is 0. The molecule has 1 aromatic carbocycles. The van der Waals surface area contributed by atoms with E-state index in [1.54, 1.807) is 0 Å². The van der Waals surface area contributed by atoms with Crippen molar-refractivity contribution in [1.29, 1.82) is 0 Å². The van der Waals surface area contributed by atoms with Crippen molar-refractivity contribution in [3.8, 4) is 0 Å². The van der Waals surface area contributed by atoms with E-state index >= 15 is 0 Å². The van der Waals surface area contributed by atoms with E-state index in [0.29, 0.717) is 0 Å². The molecule has 0 fully saturated rings. The van der Waals surface area contributed by atoms with Gasteiger partial charge < -0.3 is 5.11 Å². The second-order valence-corrected chi connectivity index (χ2v) is 2.11. The van der Waals surface area contributed by atoms with E-state index in [-0.39, 0.29) is 34.3 Å². The van der Waals surface area contributed by atoms with Crippen LogP contribution in [0.15, 0.2) is 24.3 Å². The predicted molar refractivity (Wildman–Crippen MR) is 45.8 cm³/mol. The second kappa shape index (κ2) is 4.78. The molecule has 2 radical (unpaired) electrons. The Labute approximate surface area is 89.7 Å². The van der Waals surface area contributed by atoms with E-state index in [9.17, 15) is 14.9 Å². The van der Waals surface area contributed by atoms with Crippen LogP contribution in [-0.2, 0) is 0 Å². The summed E-state index contributed by atoms with van der Waals surface area (Å²) < 4.78 is 0. The van der Waals surface area contributed by atoms with E-state index < -0.39 is 10.9 Å². The number of hydrogen-bond acceptors (Lipinski definition) is 3. The highest BCUT2D eigenvalue weighted by atomic mass is 24.3. The zero-order valence-electron chi connectivity index (χ0n) is 6.64. The Balaban J connectivity index is 0.00000144. The number of nitro benzene ring substituents is 1. The molecule has 0 atom stereocenters. The molecular weight excluding hydrogens is 186 g/mol. The molecule has 6 heteroatoms. The van der Waals surface area contributed by atoms with Gasteiger partial charge in [-0.1, -0.05) is 6.07 Å². The Hall–Kier alpha value is -1.14. The van der Waals surface area contributed by atoms with Crippen molar-refractivity contribution in [3.05, 3.63) is 39.9 Å². The fourth-order valence-corrected chi connectivity index (χ4v) is 0.753. The fourth-order valence-electron chi connectivity index (χ4n) is 0.753. The van der Waals surface area contributed by atoms with Gasteiger partial charge in [-0.3, -0.25) is 10.1 Å². The minimum absolute atomic E-state index is 0. The van der Waals surface area contributed by atoms with Crippen molar-refractivity contribution < 1.29 is 14.8 Å². The molecule has 0 spiro atoms. The zero-order chi connectivity index (χ0) is 9.14. The highest BCUT2D eigenvalue weighted by Gasteiger charge is 2.08. The average Bonchev–Trinajstić information content (AvgIpc) is 2.04. The van der Waals surface area contributed by atoms with Gasteiger partial charge in [-0.15, -0.1) is 0 Å². The van der Waals surface area contributed by atoms with E-state index in [1.165, 1.54) is 18.2 Å². The number of nitrogens with zero attached hydrogens (tertiary/aromatic N) is 1. The number of carbonyl (C=O) groups is 1. The molecular formula is C7H5MgNO4. The van der Waals surface area contributed by atoms with Crippen LogP contribution in [0.2, 0.25) is 0 Å². The quantitative estimate of drug-likeness (QED) is 0.428. The van der Waals surface area contributed by atoms with E-state index in [4.69, 9.17) is 5.11 Å². The number of aromatic carboxylic acids is 1. The number of hydrogen-bond donors (Lipinski definition) is 1. The average molecular weight is 191 g/mol. The van der Waals surface area contributed by atoms with Gasteiger partial charge in [0.1, 0.15) is 0 Å². The summed E-state index contributed by atoms with van der Waals surface area (Å²) in [5, 5.41) is 18.7. The first-order chi connectivity index (χ1) is 5.61. The van der Waals surface area contributed by atoms with Gasteiger partial charge in [0.05, 0.1) is 10.5 Å². The number of non-ortho nitro benzene ring substituents is 1. The van der Waals surface area contributed by atoms with Gasteiger partial charge in [0.15, 0.2) is 0 Å². The third kappa shape index (κ3) is 3.00. The van der Waals surface area contributed by atoms with Crippen LogP contribution in [0.25, 0.3) is 0 Å². The van der Waals surface area contributed by atoms with Crippen molar-refractivity contribution in [2.24, 2.45) is 0 Å². The number of rotatable bonds is 2. The second-order valence-electron chi connectivity index (χ2n) is 2.11. The molecule has 0 aliphatic carbocycles. The van der Waals surface area contributed by atoms with Crippen molar-refractivity contribution in [2.45, 2.75) is 0 Å². The lowest BCUT2D eigenvalue weighted by Crippen LogP contribution is -1.97. The van der Waals surface area contributed by atoms with Crippen LogP contribution < -0.4 is 0 Å². The molecule has 1 N–H and O–H groups in total. The van der Waals surface area contributed by atoms with Crippen molar-refractivity contribution in [1.82, 2.24) is 0 Å². The Bertz CT molecular complexity index is 310. The van der Waals surface area contributed by atoms with Gasteiger partial charge in [0, 0.05) is 35.2 Å². The molecule has 0 saturated carbocycles. The molecule has 1 aromatic rings. The summed E-state index contributed by atoms with van der Waals surface area (Å²) in [4.78, 5) is 19.9. The molecule has 1 rings (SSSR count). The monoisotopic (exact) mass is 191 g/mol. The van der Waals surface area contributed by atoms with Crippen molar-refractivity contribution in [3.63, 3.8) is 0 Å².